The third-order valence-electron chi connectivity index (χ3n) is 4.23. The van der Waals surface area contributed by atoms with Crippen LogP contribution in [0.4, 0.5) is 4.39 Å². The minimum Gasteiger partial charge on any atom is -0.468 e. The number of benzene rings is 2. The molecule has 0 aliphatic heterocycles. The first kappa shape index (κ1) is 18.6. The van der Waals surface area contributed by atoms with Gasteiger partial charge in [-0.2, -0.15) is 0 Å². The van der Waals surface area contributed by atoms with E-state index in [0.29, 0.717) is 19.4 Å². The van der Waals surface area contributed by atoms with E-state index in [1.165, 1.54) is 25.3 Å². The molecule has 3 aromatic rings. The number of hydrogen-bond donors (Lipinski definition) is 1. The molecular weight excluding hydrogens is 349 g/mol. The van der Waals surface area contributed by atoms with Crippen LogP contribution >= 0.6 is 0 Å². The molecule has 0 saturated carbocycles. The van der Waals surface area contributed by atoms with E-state index in [0.717, 1.165) is 16.9 Å². The van der Waals surface area contributed by atoms with Crippen LogP contribution in [-0.2, 0) is 22.5 Å². The molecule has 0 aliphatic rings. The van der Waals surface area contributed by atoms with E-state index in [1.807, 2.05) is 28.8 Å². The maximum Gasteiger partial charge on any atom is 0.325 e. The Labute approximate surface area is 156 Å². The van der Waals surface area contributed by atoms with E-state index in [1.54, 1.807) is 6.07 Å². The van der Waals surface area contributed by atoms with Gasteiger partial charge in [-0.15, -0.1) is 0 Å². The van der Waals surface area contributed by atoms with E-state index in [2.05, 4.69) is 10.3 Å². The average molecular weight is 369 g/mol. The van der Waals surface area contributed by atoms with E-state index >= 15 is 0 Å². The molecule has 0 saturated heterocycles. The Balaban J connectivity index is 1.65. The standard InChI is InChI=1S/C20H20FN3O3/c1-27-19(25)13-24-17-10-5-4-9-16(17)23-18(24)11-6-12-22-20(26)14-7-2-3-8-15(14)21/h2-5,7-10H,6,11-13H2,1H3,(H,22,26). The monoisotopic (exact) mass is 369 g/mol. The van der Waals surface area contributed by atoms with Gasteiger partial charge in [-0.1, -0.05) is 24.3 Å². The van der Waals surface area contributed by atoms with Crippen molar-refractivity contribution in [2.75, 3.05) is 13.7 Å². The summed E-state index contributed by atoms with van der Waals surface area (Å²) in [5.74, 6) is -0.611. The molecule has 0 radical (unpaired) electrons. The predicted molar refractivity (Wildman–Crippen MR) is 98.8 cm³/mol. The Morgan fingerprint density at radius 3 is 2.67 bits per heavy atom. The van der Waals surface area contributed by atoms with Gasteiger partial charge in [0, 0.05) is 13.0 Å². The van der Waals surface area contributed by atoms with Crippen molar-refractivity contribution in [3.05, 3.63) is 65.7 Å². The maximum atomic E-state index is 13.6. The Morgan fingerprint density at radius 1 is 1.15 bits per heavy atom. The van der Waals surface area contributed by atoms with Gasteiger partial charge in [0.15, 0.2) is 0 Å². The second-order valence-electron chi connectivity index (χ2n) is 6.02. The van der Waals surface area contributed by atoms with Crippen molar-refractivity contribution in [3.63, 3.8) is 0 Å². The topological polar surface area (TPSA) is 73.2 Å². The molecule has 7 heteroatoms. The maximum absolute atomic E-state index is 13.6. The second kappa shape index (κ2) is 8.44. The number of nitrogens with one attached hydrogen (secondary N) is 1. The van der Waals surface area contributed by atoms with Crippen molar-refractivity contribution in [1.82, 2.24) is 14.9 Å². The normalized spacial score (nSPS) is 10.7. The second-order valence-corrected chi connectivity index (χ2v) is 6.02. The number of aromatic nitrogens is 2. The highest BCUT2D eigenvalue weighted by atomic mass is 19.1. The quantitative estimate of drug-likeness (QED) is 0.513. The van der Waals surface area contributed by atoms with Crippen molar-refractivity contribution in [2.45, 2.75) is 19.4 Å². The van der Waals surface area contributed by atoms with Crippen LogP contribution in [0, 0.1) is 5.82 Å². The molecule has 2 aromatic carbocycles. The number of nitrogens with zero attached hydrogens (tertiary/aromatic N) is 2. The minimum atomic E-state index is -0.546. The van der Waals surface area contributed by atoms with Crippen LogP contribution in [0.2, 0.25) is 0 Å². The number of methoxy groups -OCH3 is 1. The summed E-state index contributed by atoms with van der Waals surface area (Å²) in [5.41, 5.74) is 1.68. The summed E-state index contributed by atoms with van der Waals surface area (Å²) in [6, 6.07) is 13.4. The average Bonchev–Trinajstić information content (AvgIpc) is 3.02. The van der Waals surface area contributed by atoms with Crippen molar-refractivity contribution < 1.29 is 18.7 Å². The van der Waals surface area contributed by atoms with Gasteiger partial charge < -0.3 is 14.6 Å². The van der Waals surface area contributed by atoms with E-state index in [-0.39, 0.29) is 18.1 Å². The lowest BCUT2D eigenvalue weighted by Crippen LogP contribution is -2.26. The minimum absolute atomic E-state index is 0.0235. The molecule has 0 spiro atoms. The molecule has 1 heterocycles. The Hall–Kier alpha value is -3.22. The van der Waals surface area contributed by atoms with Gasteiger partial charge in [0.2, 0.25) is 0 Å². The van der Waals surface area contributed by atoms with Crippen molar-refractivity contribution in [2.24, 2.45) is 0 Å². The number of carbonyl (C=O) groups excluding carboxylic acids is 2. The lowest BCUT2D eigenvalue weighted by molar-refractivity contribution is -0.141. The number of amides is 1. The molecule has 0 aliphatic carbocycles. The van der Waals surface area contributed by atoms with Crippen LogP contribution < -0.4 is 5.32 Å². The molecule has 1 N–H and O–H groups in total. The Morgan fingerprint density at radius 2 is 1.89 bits per heavy atom. The van der Waals surface area contributed by atoms with E-state index < -0.39 is 11.7 Å². The third-order valence-corrected chi connectivity index (χ3v) is 4.23. The first-order chi connectivity index (χ1) is 13.1. The van der Waals surface area contributed by atoms with Crippen LogP contribution in [-0.4, -0.2) is 35.1 Å². The molecule has 27 heavy (non-hydrogen) atoms. The molecule has 6 nitrogen and oxygen atoms in total. The molecule has 3 rings (SSSR count). The van der Waals surface area contributed by atoms with Gasteiger partial charge in [-0.05, 0) is 30.7 Å². The van der Waals surface area contributed by atoms with Crippen LogP contribution in [0.1, 0.15) is 22.6 Å². The summed E-state index contributed by atoms with van der Waals surface area (Å²) < 4.78 is 20.2. The van der Waals surface area contributed by atoms with Crippen molar-refractivity contribution >= 4 is 22.9 Å². The molecule has 140 valence electrons. The number of imidazole rings is 1. The molecule has 1 aromatic heterocycles. The Kier molecular flexibility index (Phi) is 5.80. The fourth-order valence-electron chi connectivity index (χ4n) is 2.88. The summed E-state index contributed by atoms with van der Waals surface area (Å²) in [4.78, 5) is 28.3. The number of ether oxygens (including phenoxy) is 1. The lowest BCUT2D eigenvalue weighted by atomic mass is 10.2. The predicted octanol–water partition coefficient (Wildman–Crippen LogP) is 2.71. The highest BCUT2D eigenvalue weighted by Gasteiger charge is 2.14. The largest absolute Gasteiger partial charge is 0.468 e. The number of halogens is 1. The summed E-state index contributed by atoms with van der Waals surface area (Å²) >= 11 is 0. The summed E-state index contributed by atoms with van der Waals surface area (Å²) in [6.45, 7) is 0.447. The van der Waals surface area contributed by atoms with Gasteiger partial charge in [-0.3, -0.25) is 9.59 Å². The van der Waals surface area contributed by atoms with E-state index in [4.69, 9.17) is 4.74 Å². The summed E-state index contributed by atoms with van der Waals surface area (Å²) in [5, 5.41) is 2.71. The van der Waals surface area contributed by atoms with Crippen molar-refractivity contribution in [1.29, 1.82) is 0 Å². The Bertz CT molecular complexity index is 968. The van der Waals surface area contributed by atoms with Gasteiger partial charge in [0.25, 0.3) is 5.91 Å². The van der Waals surface area contributed by atoms with Crippen molar-refractivity contribution in [3.8, 4) is 0 Å². The molecule has 0 unspecified atom stereocenters. The summed E-state index contributed by atoms with van der Waals surface area (Å²) in [7, 11) is 1.35. The van der Waals surface area contributed by atoms with Crippen LogP contribution in [0.3, 0.4) is 0 Å². The zero-order valence-electron chi connectivity index (χ0n) is 14.9. The smallest absolute Gasteiger partial charge is 0.325 e. The van der Waals surface area contributed by atoms with E-state index in [9.17, 15) is 14.0 Å². The molecule has 0 fully saturated rings. The first-order valence-electron chi connectivity index (χ1n) is 8.64. The van der Waals surface area contributed by atoms with Crippen LogP contribution in [0.5, 0.6) is 0 Å². The molecule has 1 amide bonds. The fraction of sp³-hybridized carbons (Fsp3) is 0.250. The van der Waals surface area contributed by atoms with Gasteiger partial charge in [0.05, 0.1) is 23.7 Å². The van der Waals surface area contributed by atoms with Gasteiger partial charge in [-0.25, -0.2) is 9.37 Å². The van der Waals surface area contributed by atoms with Gasteiger partial charge in [0.1, 0.15) is 18.2 Å². The number of hydrogen-bond acceptors (Lipinski definition) is 4. The lowest BCUT2D eigenvalue weighted by Gasteiger charge is -2.09. The number of aryl methyl sites for hydroxylation is 1. The highest BCUT2D eigenvalue weighted by molar-refractivity contribution is 5.94. The highest BCUT2D eigenvalue weighted by Crippen LogP contribution is 2.17. The summed E-state index contributed by atoms with van der Waals surface area (Å²) in [6.07, 6.45) is 1.16. The molecule has 0 atom stereocenters. The molecule has 0 bridgehead atoms. The fourth-order valence-corrected chi connectivity index (χ4v) is 2.88. The van der Waals surface area contributed by atoms with Crippen LogP contribution in [0.15, 0.2) is 48.5 Å². The molecular formula is C20H20FN3O3. The number of para-hydroxylation sites is 2. The zero-order chi connectivity index (χ0) is 19.2. The first-order valence-corrected chi connectivity index (χ1v) is 8.64. The van der Waals surface area contributed by atoms with Crippen LogP contribution in [0.25, 0.3) is 11.0 Å². The number of rotatable bonds is 7. The number of fused-ring (bicyclic) bond motifs is 1. The number of esters is 1. The SMILES string of the molecule is COC(=O)Cn1c(CCCNC(=O)c2ccccc2F)nc2ccccc21. The number of carbonyl (C=O) groups is 2. The third kappa shape index (κ3) is 4.31. The van der Waals surface area contributed by atoms with Gasteiger partial charge >= 0.3 is 5.97 Å². The zero-order valence-corrected chi connectivity index (χ0v) is 14.9.